The first-order valence-corrected chi connectivity index (χ1v) is 11.3. The molecule has 0 amide bonds. The molecule has 3 rings (SSSR count). The number of guanidine groups is 1. The molecule has 1 aromatic rings. The number of likely N-dealkylation sites (tertiary alicyclic amines) is 1. The van der Waals surface area contributed by atoms with E-state index in [0.29, 0.717) is 12.5 Å². The third kappa shape index (κ3) is 7.61. The summed E-state index contributed by atoms with van der Waals surface area (Å²) in [6.45, 7) is 13.4. The molecule has 2 aliphatic rings. The van der Waals surface area contributed by atoms with E-state index in [9.17, 15) is 0 Å². The third-order valence-electron chi connectivity index (χ3n) is 5.88. The van der Waals surface area contributed by atoms with Gasteiger partial charge in [-0.15, -0.1) is 0 Å². The number of hydrogen-bond donors (Lipinski definition) is 1. The molecule has 2 saturated heterocycles. The summed E-state index contributed by atoms with van der Waals surface area (Å²) in [4.78, 5) is 12.3. The second-order valence-electron chi connectivity index (χ2n) is 8.34. The first kappa shape index (κ1) is 22.1. The van der Waals surface area contributed by atoms with E-state index in [4.69, 9.17) is 9.73 Å². The Kier molecular flexibility index (Phi) is 9.25. The van der Waals surface area contributed by atoms with Crippen LogP contribution in [0.15, 0.2) is 35.3 Å². The monoisotopic (exact) mass is 401 g/mol. The molecule has 1 unspecified atom stereocenters. The molecule has 1 aromatic carbocycles. The second kappa shape index (κ2) is 12.2. The van der Waals surface area contributed by atoms with Gasteiger partial charge in [-0.25, -0.2) is 0 Å². The molecule has 6 nitrogen and oxygen atoms in total. The number of likely N-dealkylation sites (N-methyl/N-ethyl adjacent to an activating group) is 1. The van der Waals surface area contributed by atoms with Gasteiger partial charge in [0.25, 0.3) is 0 Å². The Hall–Kier alpha value is -1.63. The number of nitrogens with zero attached hydrogens (tertiary/aromatic N) is 4. The summed E-state index contributed by atoms with van der Waals surface area (Å²) in [5.41, 5.74) is 1.25. The Morgan fingerprint density at radius 2 is 2.00 bits per heavy atom. The molecule has 0 aliphatic carbocycles. The van der Waals surface area contributed by atoms with Crippen molar-refractivity contribution in [2.24, 2.45) is 10.9 Å². The second-order valence-corrected chi connectivity index (χ2v) is 8.34. The summed E-state index contributed by atoms with van der Waals surface area (Å²) < 4.78 is 5.98. The quantitative estimate of drug-likeness (QED) is 0.534. The van der Waals surface area contributed by atoms with Crippen LogP contribution in [-0.4, -0.2) is 93.2 Å². The topological polar surface area (TPSA) is 43.3 Å². The highest BCUT2D eigenvalue weighted by atomic mass is 16.5. The van der Waals surface area contributed by atoms with Gasteiger partial charge in [-0.1, -0.05) is 30.3 Å². The van der Waals surface area contributed by atoms with Gasteiger partial charge in [0.2, 0.25) is 0 Å². The van der Waals surface area contributed by atoms with Gasteiger partial charge in [-0.05, 0) is 45.5 Å². The zero-order chi connectivity index (χ0) is 20.3. The Morgan fingerprint density at radius 1 is 1.14 bits per heavy atom. The lowest BCUT2D eigenvalue weighted by molar-refractivity contribution is 0.0906. The van der Waals surface area contributed by atoms with Crippen LogP contribution in [0.4, 0.5) is 0 Å². The molecule has 162 valence electrons. The predicted molar refractivity (Wildman–Crippen MR) is 120 cm³/mol. The van der Waals surface area contributed by atoms with E-state index in [1.165, 1.54) is 38.0 Å². The van der Waals surface area contributed by atoms with Crippen LogP contribution in [0.25, 0.3) is 0 Å². The van der Waals surface area contributed by atoms with Crippen LogP contribution in [0.3, 0.4) is 0 Å². The van der Waals surface area contributed by atoms with Gasteiger partial charge >= 0.3 is 0 Å². The summed E-state index contributed by atoms with van der Waals surface area (Å²) in [6, 6.07) is 10.4. The molecule has 29 heavy (non-hydrogen) atoms. The molecule has 1 atom stereocenters. The average Bonchev–Trinajstić information content (AvgIpc) is 3.10. The summed E-state index contributed by atoms with van der Waals surface area (Å²) in [7, 11) is 2.22. The number of hydrogen-bond acceptors (Lipinski definition) is 4. The first-order valence-electron chi connectivity index (χ1n) is 11.3. The van der Waals surface area contributed by atoms with Crippen LogP contribution < -0.4 is 5.32 Å². The van der Waals surface area contributed by atoms with Gasteiger partial charge in [-0.2, -0.15) is 0 Å². The van der Waals surface area contributed by atoms with Crippen molar-refractivity contribution in [3.63, 3.8) is 0 Å². The average molecular weight is 402 g/mol. The van der Waals surface area contributed by atoms with Crippen LogP contribution in [0.1, 0.15) is 25.3 Å². The Balaban J connectivity index is 1.40. The fraction of sp³-hybridized carbons (Fsp3) is 0.696. The minimum Gasteiger partial charge on any atom is -0.376 e. The van der Waals surface area contributed by atoms with Crippen LogP contribution >= 0.6 is 0 Å². The lowest BCUT2D eigenvalue weighted by atomic mass is 10.1. The third-order valence-corrected chi connectivity index (χ3v) is 5.88. The Morgan fingerprint density at radius 3 is 2.83 bits per heavy atom. The van der Waals surface area contributed by atoms with E-state index < -0.39 is 0 Å². The van der Waals surface area contributed by atoms with Crippen LogP contribution in [0.2, 0.25) is 0 Å². The SMILES string of the molecule is CCNC(=NCCN1CCCN(C)CC1)N1CCC(COCc2ccccc2)C1. The summed E-state index contributed by atoms with van der Waals surface area (Å²) in [5, 5.41) is 3.49. The molecule has 0 spiro atoms. The molecule has 0 bridgehead atoms. The van der Waals surface area contributed by atoms with Crippen molar-refractivity contribution < 1.29 is 4.74 Å². The van der Waals surface area contributed by atoms with Crippen LogP contribution in [0, 0.1) is 5.92 Å². The number of benzene rings is 1. The van der Waals surface area contributed by atoms with E-state index in [1.54, 1.807) is 0 Å². The maximum atomic E-state index is 5.98. The molecule has 0 radical (unpaired) electrons. The number of ether oxygens (including phenoxy) is 1. The van der Waals surface area contributed by atoms with E-state index in [-0.39, 0.29) is 0 Å². The van der Waals surface area contributed by atoms with Gasteiger partial charge in [0, 0.05) is 45.2 Å². The highest BCUT2D eigenvalue weighted by Crippen LogP contribution is 2.17. The number of nitrogens with one attached hydrogen (secondary N) is 1. The van der Waals surface area contributed by atoms with E-state index >= 15 is 0 Å². The van der Waals surface area contributed by atoms with Crippen molar-refractivity contribution in [1.82, 2.24) is 20.0 Å². The highest BCUT2D eigenvalue weighted by molar-refractivity contribution is 5.80. The van der Waals surface area contributed by atoms with Crippen molar-refractivity contribution in [2.45, 2.75) is 26.4 Å². The summed E-state index contributed by atoms with van der Waals surface area (Å²) in [5.74, 6) is 1.66. The molecule has 2 heterocycles. The smallest absolute Gasteiger partial charge is 0.193 e. The highest BCUT2D eigenvalue weighted by Gasteiger charge is 2.25. The van der Waals surface area contributed by atoms with Gasteiger partial charge in [0.15, 0.2) is 5.96 Å². The molecule has 1 N–H and O–H groups in total. The van der Waals surface area contributed by atoms with Crippen molar-refractivity contribution in [3.8, 4) is 0 Å². The van der Waals surface area contributed by atoms with Gasteiger partial charge in [0.1, 0.15) is 0 Å². The van der Waals surface area contributed by atoms with Crippen molar-refractivity contribution >= 4 is 5.96 Å². The lowest BCUT2D eigenvalue weighted by Gasteiger charge is -2.23. The van der Waals surface area contributed by atoms with Crippen molar-refractivity contribution in [1.29, 1.82) is 0 Å². The standard InChI is InChI=1S/C23H39N5O/c1-3-24-23(25-11-15-27-13-7-12-26(2)16-17-27)28-14-10-22(18-28)20-29-19-21-8-5-4-6-9-21/h4-6,8-9,22H,3,7,10-20H2,1-2H3,(H,24,25). The molecular formula is C23H39N5O. The molecule has 0 aromatic heterocycles. The zero-order valence-corrected chi connectivity index (χ0v) is 18.4. The lowest BCUT2D eigenvalue weighted by Crippen LogP contribution is -2.41. The largest absolute Gasteiger partial charge is 0.376 e. The maximum absolute atomic E-state index is 5.98. The fourth-order valence-corrected chi connectivity index (χ4v) is 4.13. The summed E-state index contributed by atoms with van der Waals surface area (Å²) >= 11 is 0. The fourth-order valence-electron chi connectivity index (χ4n) is 4.13. The minimum absolute atomic E-state index is 0.587. The number of aliphatic imine (C=N–C) groups is 1. The zero-order valence-electron chi connectivity index (χ0n) is 18.4. The summed E-state index contributed by atoms with van der Waals surface area (Å²) in [6.07, 6.45) is 2.44. The molecule has 2 fully saturated rings. The Bertz CT molecular complexity index is 609. The van der Waals surface area contributed by atoms with Gasteiger partial charge < -0.3 is 24.8 Å². The predicted octanol–water partition coefficient (Wildman–Crippen LogP) is 2.13. The molecule has 2 aliphatic heterocycles. The van der Waals surface area contributed by atoms with E-state index in [2.05, 4.69) is 58.3 Å². The Labute approximate surface area is 176 Å². The normalized spacial score (nSPS) is 22.1. The minimum atomic E-state index is 0.587. The van der Waals surface area contributed by atoms with Crippen LogP contribution in [-0.2, 0) is 11.3 Å². The maximum Gasteiger partial charge on any atom is 0.193 e. The van der Waals surface area contributed by atoms with Gasteiger partial charge in [-0.3, -0.25) is 4.99 Å². The first-order chi connectivity index (χ1) is 14.2. The molecule has 0 saturated carbocycles. The van der Waals surface area contributed by atoms with Crippen LogP contribution in [0.5, 0.6) is 0 Å². The molecule has 6 heteroatoms. The number of rotatable bonds is 8. The molecular weight excluding hydrogens is 362 g/mol. The van der Waals surface area contributed by atoms with Crippen molar-refractivity contribution in [2.75, 3.05) is 72.6 Å². The van der Waals surface area contributed by atoms with Crippen molar-refractivity contribution in [3.05, 3.63) is 35.9 Å². The van der Waals surface area contributed by atoms with E-state index in [1.807, 2.05) is 6.07 Å². The van der Waals surface area contributed by atoms with Gasteiger partial charge in [0.05, 0.1) is 19.8 Å². The van der Waals surface area contributed by atoms with E-state index in [0.717, 1.165) is 51.8 Å².